The highest BCUT2D eigenvalue weighted by atomic mass is 32.2. The van der Waals surface area contributed by atoms with Crippen LogP contribution in [0.5, 0.6) is 0 Å². The Labute approximate surface area is 217 Å². The molecule has 1 aliphatic heterocycles. The molecular weight excluding hydrogens is 486 g/mol. The van der Waals surface area contributed by atoms with E-state index in [1.807, 2.05) is 23.1 Å². The summed E-state index contributed by atoms with van der Waals surface area (Å²) in [6, 6.07) is 23.6. The number of hydrogen-bond donors (Lipinski definition) is 2. The van der Waals surface area contributed by atoms with Crippen molar-refractivity contribution >= 4 is 27.5 Å². The second kappa shape index (κ2) is 10.9. The van der Waals surface area contributed by atoms with Crippen molar-refractivity contribution in [1.82, 2.24) is 9.62 Å². The predicted molar refractivity (Wildman–Crippen MR) is 143 cm³/mol. The average Bonchev–Trinajstić information content (AvgIpc) is 3.73. The van der Waals surface area contributed by atoms with Gasteiger partial charge in [0.25, 0.3) is 5.91 Å². The molecule has 0 radical (unpaired) electrons. The van der Waals surface area contributed by atoms with Crippen LogP contribution in [-0.4, -0.2) is 37.7 Å². The Morgan fingerprint density at radius 3 is 2.22 bits per heavy atom. The van der Waals surface area contributed by atoms with Gasteiger partial charge in [0.15, 0.2) is 0 Å². The Kier molecular flexibility index (Phi) is 7.39. The van der Waals surface area contributed by atoms with E-state index in [2.05, 4.69) is 22.2 Å². The summed E-state index contributed by atoms with van der Waals surface area (Å²) in [6.07, 6.45) is 4.91. The first-order valence-corrected chi connectivity index (χ1v) is 14.2. The van der Waals surface area contributed by atoms with Gasteiger partial charge in [0.1, 0.15) is 0 Å². The van der Waals surface area contributed by atoms with Crippen LogP contribution in [-0.2, 0) is 21.2 Å². The fourth-order valence-corrected chi connectivity index (χ4v) is 6.03. The van der Waals surface area contributed by atoms with Crippen molar-refractivity contribution in [3.8, 4) is 0 Å². The number of rotatable bonds is 8. The molecule has 1 saturated carbocycles. The molecular formula is C29H31N3O4S. The number of carbonyl (C=O) groups excluding carboxylic acids is 2. The maximum absolute atomic E-state index is 13.3. The molecule has 7 nitrogen and oxygen atoms in total. The van der Waals surface area contributed by atoms with Crippen molar-refractivity contribution in [3.05, 3.63) is 95.6 Å². The quantitative estimate of drug-likeness (QED) is 0.454. The van der Waals surface area contributed by atoms with E-state index in [4.69, 9.17) is 0 Å². The highest BCUT2D eigenvalue weighted by molar-refractivity contribution is 7.89. The molecule has 2 N–H and O–H groups in total. The maximum atomic E-state index is 13.3. The smallest absolute Gasteiger partial charge is 0.254 e. The van der Waals surface area contributed by atoms with Gasteiger partial charge < -0.3 is 10.2 Å². The van der Waals surface area contributed by atoms with Crippen molar-refractivity contribution in [3.63, 3.8) is 0 Å². The number of nitrogens with one attached hydrogen (secondary N) is 2. The molecule has 1 saturated heterocycles. The number of sulfonamides is 1. The molecule has 0 aromatic heterocycles. The Morgan fingerprint density at radius 1 is 0.838 bits per heavy atom. The van der Waals surface area contributed by atoms with Gasteiger partial charge in [0, 0.05) is 23.8 Å². The first kappa shape index (κ1) is 25.2. The molecule has 1 atom stereocenters. The number of likely N-dealkylation sites (tertiary alicyclic amines) is 1. The molecule has 37 heavy (non-hydrogen) atoms. The molecule has 192 valence electrons. The van der Waals surface area contributed by atoms with E-state index in [9.17, 15) is 18.0 Å². The molecule has 2 fully saturated rings. The minimum absolute atomic E-state index is 0.00218. The van der Waals surface area contributed by atoms with Crippen molar-refractivity contribution in [2.45, 2.75) is 55.5 Å². The third-order valence-corrected chi connectivity index (χ3v) is 8.40. The van der Waals surface area contributed by atoms with Crippen molar-refractivity contribution in [2.75, 3.05) is 11.9 Å². The topological polar surface area (TPSA) is 95.6 Å². The van der Waals surface area contributed by atoms with E-state index in [0.717, 1.165) is 44.2 Å². The van der Waals surface area contributed by atoms with E-state index < -0.39 is 10.0 Å². The summed E-state index contributed by atoms with van der Waals surface area (Å²) in [5.41, 5.74) is 3.07. The van der Waals surface area contributed by atoms with Gasteiger partial charge >= 0.3 is 0 Å². The van der Waals surface area contributed by atoms with Crippen LogP contribution >= 0.6 is 0 Å². The van der Waals surface area contributed by atoms with Gasteiger partial charge in [-0.25, -0.2) is 13.1 Å². The van der Waals surface area contributed by atoms with E-state index in [0.29, 0.717) is 16.8 Å². The Hall–Kier alpha value is -3.49. The molecule has 2 aliphatic rings. The third-order valence-electron chi connectivity index (χ3n) is 6.86. The lowest BCUT2D eigenvalue weighted by atomic mass is 9.94. The fourth-order valence-electron chi connectivity index (χ4n) is 4.72. The molecule has 8 heteroatoms. The predicted octanol–water partition coefficient (Wildman–Crippen LogP) is 4.68. The number of piperidine rings is 1. The minimum atomic E-state index is -3.51. The molecule has 0 bridgehead atoms. The summed E-state index contributed by atoms with van der Waals surface area (Å²) >= 11 is 0. The van der Waals surface area contributed by atoms with E-state index in [1.54, 1.807) is 36.4 Å². The summed E-state index contributed by atoms with van der Waals surface area (Å²) in [5, 5.41) is 2.86. The summed E-state index contributed by atoms with van der Waals surface area (Å²) < 4.78 is 27.3. The lowest BCUT2D eigenvalue weighted by Gasteiger charge is -2.36. The summed E-state index contributed by atoms with van der Waals surface area (Å²) in [6.45, 7) is 0.730. The summed E-state index contributed by atoms with van der Waals surface area (Å²) in [4.78, 5) is 28.0. The molecule has 2 amide bonds. The van der Waals surface area contributed by atoms with Crippen LogP contribution in [0.4, 0.5) is 5.69 Å². The van der Waals surface area contributed by atoms with Gasteiger partial charge in [-0.05, 0) is 79.6 Å². The second-order valence-corrected chi connectivity index (χ2v) is 11.5. The number of hydrogen-bond acceptors (Lipinski definition) is 4. The van der Waals surface area contributed by atoms with Gasteiger partial charge in [-0.3, -0.25) is 9.59 Å². The number of benzene rings is 3. The van der Waals surface area contributed by atoms with E-state index >= 15 is 0 Å². The largest absolute Gasteiger partial charge is 0.332 e. The van der Waals surface area contributed by atoms with Gasteiger partial charge in [0.2, 0.25) is 15.9 Å². The van der Waals surface area contributed by atoms with Crippen molar-refractivity contribution < 1.29 is 18.0 Å². The standard InChI is InChI=1S/C29H31N3O4S/c33-28(20-21-9-17-26(18-10-21)37(35,36)31-25-15-16-25)30-24-13-11-23(12-14-24)29(34)32-19-5-4-8-27(32)22-6-2-1-3-7-22/h1-3,6-7,9-14,17-18,25,27,31H,4-5,8,15-16,19-20H2,(H,30,33). The Balaban J connectivity index is 1.19. The first-order chi connectivity index (χ1) is 17.9. The zero-order valence-electron chi connectivity index (χ0n) is 20.6. The van der Waals surface area contributed by atoms with Gasteiger partial charge in [-0.15, -0.1) is 0 Å². The molecule has 5 rings (SSSR count). The van der Waals surface area contributed by atoms with Gasteiger partial charge in [0.05, 0.1) is 17.4 Å². The van der Waals surface area contributed by atoms with Crippen LogP contribution in [0, 0.1) is 0 Å². The summed E-state index contributed by atoms with van der Waals surface area (Å²) in [5.74, 6) is -0.219. The van der Waals surface area contributed by atoms with Crippen LogP contribution in [0.25, 0.3) is 0 Å². The lowest BCUT2D eigenvalue weighted by molar-refractivity contribution is -0.115. The fraction of sp³-hybridized carbons (Fsp3) is 0.310. The Morgan fingerprint density at radius 2 is 1.54 bits per heavy atom. The number of amides is 2. The van der Waals surface area contributed by atoms with Crippen LogP contribution < -0.4 is 10.0 Å². The Bertz CT molecular complexity index is 1350. The van der Waals surface area contributed by atoms with Crippen LogP contribution in [0.1, 0.15) is 59.6 Å². The number of nitrogens with zero attached hydrogens (tertiary/aromatic N) is 1. The van der Waals surface area contributed by atoms with E-state index in [-0.39, 0.29) is 35.2 Å². The zero-order chi connectivity index (χ0) is 25.8. The molecule has 1 aliphatic carbocycles. The average molecular weight is 518 g/mol. The van der Waals surface area contributed by atoms with Crippen molar-refractivity contribution in [2.24, 2.45) is 0 Å². The molecule has 1 unspecified atom stereocenters. The third kappa shape index (κ3) is 6.26. The molecule has 3 aromatic rings. The van der Waals surface area contributed by atoms with Crippen LogP contribution in [0.2, 0.25) is 0 Å². The second-order valence-electron chi connectivity index (χ2n) is 9.76. The zero-order valence-corrected chi connectivity index (χ0v) is 21.4. The SMILES string of the molecule is O=C(Cc1ccc(S(=O)(=O)NC2CC2)cc1)Nc1ccc(C(=O)N2CCCCC2c2ccccc2)cc1. The van der Waals surface area contributed by atoms with Crippen LogP contribution in [0.15, 0.2) is 83.8 Å². The number of carbonyl (C=O) groups is 2. The number of anilines is 1. The maximum Gasteiger partial charge on any atom is 0.254 e. The lowest BCUT2D eigenvalue weighted by Crippen LogP contribution is -2.38. The minimum Gasteiger partial charge on any atom is -0.332 e. The highest BCUT2D eigenvalue weighted by Crippen LogP contribution is 2.32. The normalized spacial score (nSPS) is 17.8. The highest BCUT2D eigenvalue weighted by Gasteiger charge is 2.29. The monoisotopic (exact) mass is 517 g/mol. The molecule has 3 aromatic carbocycles. The van der Waals surface area contributed by atoms with E-state index in [1.165, 1.54) is 12.1 Å². The first-order valence-electron chi connectivity index (χ1n) is 12.8. The summed E-state index contributed by atoms with van der Waals surface area (Å²) in [7, 11) is -3.51. The molecule has 0 spiro atoms. The van der Waals surface area contributed by atoms with Gasteiger partial charge in [-0.1, -0.05) is 42.5 Å². The van der Waals surface area contributed by atoms with Crippen molar-refractivity contribution in [1.29, 1.82) is 0 Å². The van der Waals surface area contributed by atoms with Crippen LogP contribution in [0.3, 0.4) is 0 Å². The van der Waals surface area contributed by atoms with Gasteiger partial charge in [-0.2, -0.15) is 0 Å². The molecule has 1 heterocycles.